The van der Waals surface area contributed by atoms with Gasteiger partial charge in [0.15, 0.2) is 0 Å². The molecule has 1 aliphatic rings. The maximum Gasteiger partial charge on any atom is 0.224 e. The number of carbonyl (C=O) groups is 1. The molecule has 1 atom stereocenters. The Morgan fingerprint density at radius 3 is 2.34 bits per heavy atom. The maximum atomic E-state index is 12.7. The molecule has 5 nitrogen and oxygen atoms in total. The third kappa shape index (κ3) is 5.12. The highest BCUT2D eigenvalue weighted by Crippen LogP contribution is 2.30. The van der Waals surface area contributed by atoms with Crippen LogP contribution in [0.1, 0.15) is 29.9 Å². The van der Waals surface area contributed by atoms with Gasteiger partial charge in [-0.1, -0.05) is 60.7 Å². The third-order valence-corrected chi connectivity index (χ3v) is 5.51. The molecule has 0 aliphatic carbocycles. The number of aryl methyl sites for hydroxylation is 1. The topological polar surface area (TPSA) is 47.4 Å². The molecule has 0 spiro atoms. The van der Waals surface area contributed by atoms with Gasteiger partial charge in [0.2, 0.25) is 5.91 Å². The molecule has 0 radical (unpaired) electrons. The molecule has 5 heteroatoms. The Labute approximate surface area is 171 Å². The molecule has 0 unspecified atom stereocenters. The first-order chi connectivity index (χ1) is 14.3. The van der Waals surface area contributed by atoms with Crippen molar-refractivity contribution in [2.24, 2.45) is 0 Å². The molecule has 4 rings (SSSR count). The van der Waals surface area contributed by atoms with Gasteiger partial charge in [-0.2, -0.15) is 5.10 Å². The van der Waals surface area contributed by atoms with Crippen LogP contribution in [0.4, 0.5) is 0 Å². The van der Waals surface area contributed by atoms with Gasteiger partial charge in [-0.15, -0.1) is 0 Å². The highest BCUT2D eigenvalue weighted by molar-refractivity contribution is 5.76. The minimum Gasteiger partial charge on any atom is -0.375 e. The largest absolute Gasteiger partial charge is 0.375 e. The number of benzene rings is 2. The number of carbonyl (C=O) groups excluding carboxylic acids is 1. The van der Waals surface area contributed by atoms with E-state index in [1.165, 1.54) is 11.1 Å². The molecule has 1 saturated heterocycles. The standard InChI is InChI=1S/C24H27N3O2/c28-24(12-15-27-14-7-13-25-27)26-16-17-29-22(19-26)18-23(20-8-3-1-4-9-20)21-10-5-2-6-11-21/h1-11,13-14,22-23H,12,15-19H2/t22-/m0/s1. The fourth-order valence-corrected chi connectivity index (χ4v) is 3.99. The van der Waals surface area contributed by atoms with Crippen LogP contribution in [0.25, 0.3) is 0 Å². The normalized spacial score (nSPS) is 16.9. The van der Waals surface area contributed by atoms with E-state index in [2.05, 4.69) is 53.6 Å². The lowest BCUT2D eigenvalue weighted by Crippen LogP contribution is -2.46. The average Bonchev–Trinajstić information content (AvgIpc) is 3.31. The van der Waals surface area contributed by atoms with Crippen LogP contribution in [0.5, 0.6) is 0 Å². The summed E-state index contributed by atoms with van der Waals surface area (Å²) in [7, 11) is 0. The second-order valence-corrected chi connectivity index (χ2v) is 7.46. The highest BCUT2D eigenvalue weighted by Gasteiger charge is 2.27. The van der Waals surface area contributed by atoms with E-state index >= 15 is 0 Å². The summed E-state index contributed by atoms with van der Waals surface area (Å²) in [5.41, 5.74) is 2.56. The predicted octanol–water partition coefficient (Wildman–Crippen LogP) is 3.72. The monoisotopic (exact) mass is 389 g/mol. The van der Waals surface area contributed by atoms with E-state index in [0.717, 1.165) is 6.42 Å². The van der Waals surface area contributed by atoms with Crippen molar-refractivity contribution in [2.45, 2.75) is 31.4 Å². The highest BCUT2D eigenvalue weighted by atomic mass is 16.5. The van der Waals surface area contributed by atoms with E-state index in [9.17, 15) is 4.79 Å². The summed E-state index contributed by atoms with van der Waals surface area (Å²) in [5, 5.41) is 4.18. The first kappa shape index (κ1) is 19.4. The molecule has 1 aromatic heterocycles. The maximum absolute atomic E-state index is 12.7. The minimum atomic E-state index is 0.0304. The smallest absolute Gasteiger partial charge is 0.224 e. The van der Waals surface area contributed by atoms with E-state index < -0.39 is 0 Å². The van der Waals surface area contributed by atoms with Gasteiger partial charge in [-0.05, 0) is 23.6 Å². The molecule has 1 aliphatic heterocycles. The van der Waals surface area contributed by atoms with Crippen molar-refractivity contribution < 1.29 is 9.53 Å². The lowest BCUT2D eigenvalue weighted by atomic mass is 9.86. The van der Waals surface area contributed by atoms with Crippen molar-refractivity contribution in [3.8, 4) is 0 Å². The second kappa shape index (κ2) is 9.52. The number of hydrogen-bond donors (Lipinski definition) is 0. The summed E-state index contributed by atoms with van der Waals surface area (Å²) < 4.78 is 7.87. The van der Waals surface area contributed by atoms with Crippen LogP contribution in [0, 0.1) is 0 Å². The Balaban J connectivity index is 1.42. The first-order valence-electron chi connectivity index (χ1n) is 10.3. The van der Waals surface area contributed by atoms with Gasteiger partial charge >= 0.3 is 0 Å². The molecule has 2 aromatic carbocycles. The Morgan fingerprint density at radius 2 is 1.72 bits per heavy atom. The van der Waals surface area contributed by atoms with Crippen LogP contribution in [-0.2, 0) is 16.1 Å². The Kier molecular flexibility index (Phi) is 6.37. The molecule has 1 amide bonds. The van der Waals surface area contributed by atoms with Crippen molar-refractivity contribution >= 4 is 5.91 Å². The molecule has 0 N–H and O–H groups in total. The first-order valence-corrected chi connectivity index (χ1v) is 10.3. The zero-order valence-electron chi connectivity index (χ0n) is 16.6. The number of morpholine rings is 1. The number of rotatable bonds is 7. The van der Waals surface area contributed by atoms with Gasteiger partial charge in [0.05, 0.1) is 12.7 Å². The van der Waals surface area contributed by atoms with E-state index in [-0.39, 0.29) is 17.9 Å². The van der Waals surface area contributed by atoms with Crippen LogP contribution in [0.2, 0.25) is 0 Å². The van der Waals surface area contributed by atoms with Crippen LogP contribution in [0.3, 0.4) is 0 Å². The van der Waals surface area contributed by atoms with Crippen LogP contribution in [-0.4, -0.2) is 46.4 Å². The van der Waals surface area contributed by atoms with Crippen molar-refractivity contribution in [1.29, 1.82) is 0 Å². The van der Waals surface area contributed by atoms with E-state index in [4.69, 9.17) is 4.74 Å². The van der Waals surface area contributed by atoms with Crippen LogP contribution in [0.15, 0.2) is 79.1 Å². The third-order valence-electron chi connectivity index (χ3n) is 5.51. The van der Waals surface area contributed by atoms with Gasteiger partial charge in [0, 0.05) is 44.4 Å². The van der Waals surface area contributed by atoms with Crippen LogP contribution >= 0.6 is 0 Å². The molecule has 0 bridgehead atoms. The fraction of sp³-hybridized carbons (Fsp3) is 0.333. The lowest BCUT2D eigenvalue weighted by Gasteiger charge is -2.35. The van der Waals surface area contributed by atoms with Gasteiger partial charge < -0.3 is 9.64 Å². The number of amides is 1. The van der Waals surface area contributed by atoms with Crippen molar-refractivity contribution in [2.75, 3.05) is 19.7 Å². The number of nitrogens with zero attached hydrogens (tertiary/aromatic N) is 3. The average molecular weight is 389 g/mol. The van der Waals surface area contributed by atoms with Gasteiger partial charge in [-0.25, -0.2) is 0 Å². The summed E-state index contributed by atoms with van der Waals surface area (Å²) in [6, 6.07) is 23.0. The van der Waals surface area contributed by atoms with Gasteiger partial charge in [-0.3, -0.25) is 9.48 Å². The number of aromatic nitrogens is 2. The summed E-state index contributed by atoms with van der Waals surface area (Å²) in [6.07, 6.45) is 4.98. The molecule has 29 heavy (non-hydrogen) atoms. The van der Waals surface area contributed by atoms with Crippen LogP contribution < -0.4 is 0 Å². The lowest BCUT2D eigenvalue weighted by molar-refractivity contribution is -0.139. The number of hydrogen-bond acceptors (Lipinski definition) is 3. The zero-order valence-corrected chi connectivity index (χ0v) is 16.6. The molecule has 2 heterocycles. The van der Waals surface area contributed by atoms with Gasteiger partial charge in [0.1, 0.15) is 0 Å². The van der Waals surface area contributed by atoms with Crippen molar-refractivity contribution in [3.63, 3.8) is 0 Å². The van der Waals surface area contributed by atoms with Crippen molar-refractivity contribution in [3.05, 3.63) is 90.3 Å². The quantitative estimate of drug-likeness (QED) is 0.619. The zero-order chi connectivity index (χ0) is 19.9. The molecule has 150 valence electrons. The van der Waals surface area contributed by atoms with E-state index in [1.807, 2.05) is 29.3 Å². The summed E-state index contributed by atoms with van der Waals surface area (Å²) in [5.74, 6) is 0.422. The Morgan fingerprint density at radius 1 is 1.03 bits per heavy atom. The van der Waals surface area contributed by atoms with E-state index in [1.54, 1.807) is 10.9 Å². The SMILES string of the molecule is O=C(CCn1cccn1)N1CCO[C@@H](CC(c2ccccc2)c2ccccc2)C1. The van der Waals surface area contributed by atoms with E-state index in [0.29, 0.717) is 32.7 Å². The second-order valence-electron chi connectivity index (χ2n) is 7.46. The minimum absolute atomic E-state index is 0.0304. The summed E-state index contributed by atoms with van der Waals surface area (Å²) in [6.45, 7) is 2.52. The molecule has 3 aromatic rings. The molecule has 0 saturated carbocycles. The van der Waals surface area contributed by atoms with Gasteiger partial charge in [0.25, 0.3) is 0 Å². The predicted molar refractivity (Wildman–Crippen MR) is 113 cm³/mol. The Hall–Kier alpha value is -2.92. The molecule has 1 fully saturated rings. The fourth-order valence-electron chi connectivity index (χ4n) is 3.99. The Bertz CT molecular complexity index is 842. The summed E-state index contributed by atoms with van der Waals surface area (Å²) in [4.78, 5) is 14.6. The molecular weight excluding hydrogens is 362 g/mol. The van der Waals surface area contributed by atoms with Crippen molar-refractivity contribution in [1.82, 2.24) is 14.7 Å². The number of ether oxygens (including phenoxy) is 1. The molecular formula is C24H27N3O2. The summed E-state index contributed by atoms with van der Waals surface area (Å²) >= 11 is 0.